The van der Waals surface area contributed by atoms with Gasteiger partial charge in [-0.2, -0.15) is 0 Å². The maximum absolute atomic E-state index is 7.66. The van der Waals surface area contributed by atoms with E-state index in [1.165, 1.54) is 16.7 Å². The second-order valence-electron chi connectivity index (χ2n) is 8.16. The first-order chi connectivity index (χ1) is 16.2. The van der Waals surface area contributed by atoms with E-state index in [1.54, 1.807) is 6.20 Å². The van der Waals surface area contributed by atoms with Gasteiger partial charge < -0.3 is 16.0 Å². The molecule has 172 valence electrons. The van der Waals surface area contributed by atoms with Crippen LogP contribution >= 0.6 is 27.7 Å². The zero-order valence-electron chi connectivity index (χ0n) is 18.7. The lowest BCUT2D eigenvalue weighted by atomic mass is 9.92. The van der Waals surface area contributed by atoms with E-state index in [-0.39, 0.29) is 0 Å². The fraction of sp³-hybridized carbons (Fsp3) is 0.320. The molecule has 2 aromatic rings. The number of nitrogens with one attached hydrogen (secondary N) is 3. The van der Waals surface area contributed by atoms with Crippen molar-refractivity contribution in [3.8, 4) is 0 Å². The van der Waals surface area contributed by atoms with Crippen molar-refractivity contribution in [2.75, 3.05) is 19.3 Å². The van der Waals surface area contributed by atoms with E-state index < -0.39 is 0 Å². The number of nitrogens with zero attached hydrogens (tertiary/aromatic N) is 3. The number of allylic oxidation sites excluding steroid dienone is 2. The summed E-state index contributed by atoms with van der Waals surface area (Å²) >= 11 is 5.28. The van der Waals surface area contributed by atoms with E-state index in [0.29, 0.717) is 22.8 Å². The van der Waals surface area contributed by atoms with Crippen molar-refractivity contribution in [1.82, 2.24) is 20.5 Å². The van der Waals surface area contributed by atoms with Crippen molar-refractivity contribution in [2.45, 2.75) is 30.8 Å². The first-order valence-electron chi connectivity index (χ1n) is 11.1. The van der Waals surface area contributed by atoms with E-state index in [1.807, 2.05) is 30.1 Å². The van der Waals surface area contributed by atoms with Crippen molar-refractivity contribution in [3.05, 3.63) is 82.1 Å². The molecule has 1 unspecified atom stereocenters. The van der Waals surface area contributed by atoms with E-state index in [2.05, 4.69) is 73.0 Å². The summed E-state index contributed by atoms with van der Waals surface area (Å²) in [5.41, 5.74) is 3.55. The van der Waals surface area contributed by atoms with Crippen LogP contribution in [0.2, 0.25) is 0 Å². The molecule has 8 heteroatoms. The van der Waals surface area contributed by atoms with Gasteiger partial charge in [0, 0.05) is 55.1 Å². The Hall–Kier alpha value is -2.42. The van der Waals surface area contributed by atoms with Gasteiger partial charge in [0.2, 0.25) is 0 Å². The minimum absolute atomic E-state index is 0.346. The molecule has 1 aromatic carbocycles. The van der Waals surface area contributed by atoms with E-state index >= 15 is 0 Å². The average Bonchev–Trinajstić information content (AvgIpc) is 2.88. The number of aromatic nitrogens is 1. The van der Waals surface area contributed by atoms with Crippen LogP contribution in [0, 0.1) is 11.3 Å². The van der Waals surface area contributed by atoms with Gasteiger partial charge in [0.15, 0.2) is 0 Å². The fourth-order valence-corrected chi connectivity index (χ4v) is 5.00. The Kier molecular flexibility index (Phi) is 8.36. The number of piperidine rings is 1. The summed E-state index contributed by atoms with van der Waals surface area (Å²) in [5.74, 6) is 1.90. The molecule has 1 atom stereocenters. The van der Waals surface area contributed by atoms with Crippen LogP contribution in [-0.4, -0.2) is 41.2 Å². The summed E-state index contributed by atoms with van der Waals surface area (Å²) in [7, 11) is 0. The summed E-state index contributed by atoms with van der Waals surface area (Å²) in [6.45, 7) is 3.70. The van der Waals surface area contributed by atoms with E-state index in [0.717, 1.165) is 49.6 Å². The van der Waals surface area contributed by atoms with Gasteiger partial charge >= 0.3 is 0 Å². The summed E-state index contributed by atoms with van der Waals surface area (Å²) in [6.07, 6.45) is 11.4. The molecule has 0 aliphatic carbocycles. The van der Waals surface area contributed by atoms with E-state index in [9.17, 15) is 0 Å². The van der Waals surface area contributed by atoms with Crippen molar-refractivity contribution in [3.63, 3.8) is 0 Å². The Bertz CT molecular complexity index is 1070. The Morgan fingerprint density at radius 3 is 3.00 bits per heavy atom. The highest BCUT2D eigenvalue weighted by Gasteiger charge is 2.26. The van der Waals surface area contributed by atoms with Crippen molar-refractivity contribution < 1.29 is 0 Å². The maximum atomic E-state index is 7.66. The number of likely N-dealkylation sites (tertiary alicyclic amines) is 1. The smallest absolute Gasteiger partial charge is 0.147 e. The van der Waals surface area contributed by atoms with Crippen LogP contribution in [0.15, 0.2) is 80.9 Å². The Labute approximate surface area is 208 Å². The van der Waals surface area contributed by atoms with Gasteiger partial charge in [0.1, 0.15) is 11.6 Å². The van der Waals surface area contributed by atoms with Crippen LogP contribution in [0.3, 0.4) is 0 Å². The molecule has 1 fully saturated rings. The Morgan fingerprint density at radius 2 is 2.21 bits per heavy atom. The standard InChI is InChI=1S/C25H29BrN6S/c1-33-23-9-3-2-7-20(23)17-32-11-5-8-19(16-32)22-12-24(31-25(30-22)21(26)13-27)29-15-18-6-4-10-28-14-18/h2-4,6-7,9-10,12-14,19,27,29,31H,5,8,11,15-17H2,1H3/b25-21+,27-13?. The molecule has 4 rings (SSSR count). The van der Waals surface area contributed by atoms with Gasteiger partial charge in [0.05, 0.1) is 10.2 Å². The minimum atomic E-state index is 0.346. The molecule has 1 saturated heterocycles. The normalized spacial score (nSPS) is 20.4. The highest BCUT2D eigenvalue weighted by molar-refractivity contribution is 9.12. The maximum Gasteiger partial charge on any atom is 0.147 e. The molecule has 33 heavy (non-hydrogen) atoms. The second kappa shape index (κ2) is 11.6. The van der Waals surface area contributed by atoms with Crippen LogP contribution in [0.5, 0.6) is 0 Å². The number of thioether (sulfide) groups is 1. The number of halogens is 1. The molecule has 0 spiro atoms. The predicted molar refractivity (Wildman–Crippen MR) is 141 cm³/mol. The van der Waals surface area contributed by atoms with Crippen LogP contribution in [0.4, 0.5) is 0 Å². The van der Waals surface area contributed by atoms with Gasteiger partial charge in [-0.15, -0.1) is 11.8 Å². The first kappa shape index (κ1) is 23.7. The van der Waals surface area contributed by atoms with Gasteiger partial charge in [-0.05, 0) is 64.8 Å². The summed E-state index contributed by atoms with van der Waals surface area (Å²) in [5, 5.41) is 14.4. The fourth-order valence-electron chi connectivity index (χ4n) is 4.20. The van der Waals surface area contributed by atoms with Gasteiger partial charge in [-0.3, -0.25) is 9.88 Å². The van der Waals surface area contributed by atoms with Crippen LogP contribution in [0.1, 0.15) is 24.0 Å². The van der Waals surface area contributed by atoms with Crippen LogP contribution < -0.4 is 10.6 Å². The quantitative estimate of drug-likeness (QED) is 0.338. The minimum Gasteiger partial charge on any atom is -0.367 e. The molecule has 3 N–H and O–H groups in total. The zero-order chi connectivity index (χ0) is 23.0. The Balaban J connectivity index is 1.50. The third-order valence-corrected chi connectivity index (χ3v) is 7.30. The lowest BCUT2D eigenvalue weighted by molar-refractivity contribution is 0.195. The molecular weight excluding hydrogens is 496 g/mol. The second-order valence-corrected chi connectivity index (χ2v) is 9.86. The number of hydrogen-bond donors (Lipinski definition) is 3. The van der Waals surface area contributed by atoms with Crippen LogP contribution in [0.25, 0.3) is 0 Å². The SMILES string of the molecule is CSc1ccccc1CN1CCCC(C2=N/C(=C(\Br)C=N)NC(NCc3cccnc3)=C2)C1. The lowest BCUT2D eigenvalue weighted by Gasteiger charge is -2.34. The summed E-state index contributed by atoms with van der Waals surface area (Å²) in [4.78, 5) is 13.0. The monoisotopic (exact) mass is 524 g/mol. The number of rotatable bonds is 8. The van der Waals surface area contributed by atoms with Crippen molar-refractivity contribution >= 4 is 39.6 Å². The number of pyridine rings is 1. The lowest BCUT2D eigenvalue weighted by Crippen LogP contribution is -2.40. The molecular formula is C25H29BrN6S. The first-order valence-corrected chi connectivity index (χ1v) is 13.1. The third-order valence-electron chi connectivity index (χ3n) is 5.86. The van der Waals surface area contributed by atoms with Crippen molar-refractivity contribution in [1.29, 1.82) is 5.41 Å². The molecule has 6 nitrogen and oxygen atoms in total. The predicted octanol–water partition coefficient (Wildman–Crippen LogP) is 4.90. The highest BCUT2D eigenvalue weighted by atomic mass is 79.9. The summed E-state index contributed by atoms with van der Waals surface area (Å²) < 4.78 is 0.635. The average molecular weight is 526 g/mol. The summed E-state index contributed by atoms with van der Waals surface area (Å²) in [6, 6.07) is 12.7. The molecule has 3 heterocycles. The molecule has 2 aliphatic rings. The molecule has 0 radical (unpaired) electrons. The zero-order valence-corrected chi connectivity index (χ0v) is 21.1. The van der Waals surface area contributed by atoms with E-state index in [4.69, 9.17) is 10.4 Å². The molecule has 0 bridgehead atoms. The molecule has 2 aliphatic heterocycles. The topological polar surface area (TPSA) is 76.4 Å². The van der Waals surface area contributed by atoms with Crippen molar-refractivity contribution in [2.24, 2.45) is 10.9 Å². The Morgan fingerprint density at radius 1 is 1.33 bits per heavy atom. The molecule has 1 aromatic heterocycles. The van der Waals surface area contributed by atoms with Gasteiger partial charge in [-0.1, -0.05) is 24.3 Å². The largest absolute Gasteiger partial charge is 0.367 e. The number of aliphatic imine (C=N–C) groups is 1. The molecule has 0 saturated carbocycles. The van der Waals surface area contributed by atoms with Gasteiger partial charge in [0.25, 0.3) is 0 Å². The third kappa shape index (κ3) is 6.34. The number of hydrogen-bond acceptors (Lipinski definition) is 7. The highest BCUT2D eigenvalue weighted by Crippen LogP contribution is 2.27. The number of benzene rings is 1. The van der Waals surface area contributed by atoms with Gasteiger partial charge in [-0.25, -0.2) is 4.99 Å². The molecule has 0 amide bonds. The van der Waals surface area contributed by atoms with Crippen LogP contribution in [-0.2, 0) is 13.1 Å².